The molecular formula is C7H12ClNO4. The largest absolute Gasteiger partial charge is 0.480 e. The Hall–Kier alpha value is -1.10. The van der Waals surface area contributed by atoms with Crippen LogP contribution in [0.3, 0.4) is 0 Å². The number of carbonyl (C=O) groups excluding carboxylic acids is 2. The molecule has 0 aromatic rings. The Morgan fingerprint density at radius 1 is 1.62 bits per heavy atom. The molecule has 0 aliphatic heterocycles. The number of carboxylic acid groups (broad SMARTS) is 1. The van der Waals surface area contributed by atoms with E-state index < -0.39 is 12.0 Å². The van der Waals surface area contributed by atoms with Crippen molar-refractivity contribution in [2.24, 2.45) is 0 Å². The van der Waals surface area contributed by atoms with E-state index in [1.54, 1.807) is 0 Å². The van der Waals surface area contributed by atoms with Gasteiger partial charge in [0.05, 0.1) is 5.88 Å². The topological polar surface area (TPSA) is 83.5 Å². The maximum atomic E-state index is 10.2. The molecule has 0 aliphatic rings. The Balaban J connectivity index is 0. The summed E-state index contributed by atoms with van der Waals surface area (Å²) >= 11 is 4.82. The predicted octanol–water partition coefficient (Wildman–Crippen LogP) is 0.0197. The smallest absolute Gasteiger partial charge is 0.325 e. The van der Waals surface area contributed by atoms with Crippen molar-refractivity contribution in [2.45, 2.75) is 19.9 Å². The molecule has 0 saturated carbocycles. The Kier molecular flexibility index (Phi) is 9.98. The molecule has 0 aromatic carbocycles. The highest BCUT2D eigenvalue weighted by molar-refractivity contribution is 6.24. The van der Waals surface area contributed by atoms with Gasteiger partial charge in [0, 0.05) is 6.92 Å². The number of halogens is 1. The average Bonchev–Trinajstić information content (AvgIpc) is 2.03. The molecule has 0 aromatic heterocycles. The Morgan fingerprint density at radius 2 is 2.00 bits per heavy atom. The van der Waals surface area contributed by atoms with Crippen LogP contribution in [0.5, 0.6) is 0 Å². The predicted molar refractivity (Wildman–Crippen MR) is 47.7 cm³/mol. The van der Waals surface area contributed by atoms with Gasteiger partial charge in [0.15, 0.2) is 0 Å². The summed E-state index contributed by atoms with van der Waals surface area (Å²) in [7, 11) is 0. The first-order chi connectivity index (χ1) is 5.95. The van der Waals surface area contributed by atoms with E-state index in [2.05, 4.69) is 5.32 Å². The van der Waals surface area contributed by atoms with E-state index in [1.165, 1.54) is 13.8 Å². The quantitative estimate of drug-likeness (QED) is 0.507. The van der Waals surface area contributed by atoms with Crippen LogP contribution >= 0.6 is 11.6 Å². The van der Waals surface area contributed by atoms with Crippen molar-refractivity contribution < 1.29 is 19.5 Å². The minimum absolute atomic E-state index is 0.111. The van der Waals surface area contributed by atoms with Crippen LogP contribution in [0.25, 0.3) is 0 Å². The van der Waals surface area contributed by atoms with Crippen LogP contribution in [-0.4, -0.2) is 35.2 Å². The van der Waals surface area contributed by atoms with Gasteiger partial charge in [0.1, 0.15) is 12.3 Å². The van der Waals surface area contributed by atoms with Crippen molar-refractivity contribution in [3.05, 3.63) is 0 Å². The minimum atomic E-state index is -1.02. The standard InChI is InChI=1S/C5H9NO3.C2H3ClO/c1-3(5(8)9)6-4(2)7;3-1-2-4/h3H,1-2H3,(H,6,7)(H,8,9);2H,1H2. The fourth-order valence-electron chi connectivity index (χ4n) is 0.367. The fourth-order valence-corrected chi connectivity index (χ4v) is 0.367. The van der Waals surface area contributed by atoms with Gasteiger partial charge in [0.2, 0.25) is 5.91 Å². The lowest BCUT2D eigenvalue weighted by Crippen LogP contribution is -2.36. The monoisotopic (exact) mass is 209 g/mol. The molecule has 0 spiro atoms. The third kappa shape index (κ3) is 13.8. The zero-order valence-electron chi connectivity index (χ0n) is 7.41. The Morgan fingerprint density at radius 3 is 2.08 bits per heavy atom. The van der Waals surface area contributed by atoms with Gasteiger partial charge in [-0.2, -0.15) is 0 Å². The number of hydrogen-bond acceptors (Lipinski definition) is 3. The second-order valence-electron chi connectivity index (χ2n) is 2.08. The Labute approximate surface area is 81.1 Å². The molecule has 5 nitrogen and oxygen atoms in total. The number of aliphatic carboxylic acids is 1. The lowest BCUT2D eigenvalue weighted by Gasteiger charge is -2.04. The van der Waals surface area contributed by atoms with E-state index in [0.29, 0.717) is 6.29 Å². The second-order valence-corrected chi connectivity index (χ2v) is 2.39. The third-order valence-corrected chi connectivity index (χ3v) is 0.979. The zero-order valence-corrected chi connectivity index (χ0v) is 8.17. The summed E-state index contributed by atoms with van der Waals surface area (Å²) in [6, 6.07) is -0.789. The number of alkyl halides is 1. The molecule has 1 unspecified atom stereocenters. The number of rotatable bonds is 3. The number of hydrogen-bond donors (Lipinski definition) is 2. The van der Waals surface area contributed by atoms with Crippen molar-refractivity contribution in [2.75, 3.05) is 5.88 Å². The number of carbonyl (C=O) groups is 3. The van der Waals surface area contributed by atoms with Crippen LogP contribution < -0.4 is 5.32 Å². The van der Waals surface area contributed by atoms with Crippen molar-refractivity contribution in [3.63, 3.8) is 0 Å². The van der Waals surface area contributed by atoms with Gasteiger partial charge in [-0.05, 0) is 6.92 Å². The third-order valence-electron chi connectivity index (χ3n) is 0.853. The van der Waals surface area contributed by atoms with Crippen molar-refractivity contribution in [1.82, 2.24) is 5.32 Å². The molecule has 0 aliphatic carbocycles. The van der Waals surface area contributed by atoms with E-state index in [9.17, 15) is 9.59 Å². The van der Waals surface area contributed by atoms with Crippen molar-refractivity contribution >= 4 is 29.8 Å². The van der Waals surface area contributed by atoms with Crippen molar-refractivity contribution in [1.29, 1.82) is 0 Å². The lowest BCUT2D eigenvalue weighted by atomic mass is 10.3. The van der Waals surface area contributed by atoms with Crippen LogP contribution in [0.1, 0.15) is 13.8 Å². The number of nitrogens with one attached hydrogen (secondary N) is 1. The number of carboxylic acids is 1. The Bertz CT molecular complexity index is 183. The maximum absolute atomic E-state index is 10.2. The summed E-state index contributed by atoms with van der Waals surface area (Å²) in [5.74, 6) is -1.24. The molecule has 6 heteroatoms. The van der Waals surface area contributed by atoms with Gasteiger partial charge >= 0.3 is 5.97 Å². The molecule has 2 N–H and O–H groups in total. The molecular weight excluding hydrogens is 198 g/mol. The second kappa shape index (κ2) is 8.99. The summed E-state index contributed by atoms with van der Waals surface area (Å²) < 4.78 is 0. The number of amides is 1. The van der Waals surface area contributed by atoms with Gasteiger partial charge in [-0.15, -0.1) is 11.6 Å². The van der Waals surface area contributed by atoms with Crippen LogP contribution in [0.15, 0.2) is 0 Å². The maximum Gasteiger partial charge on any atom is 0.325 e. The van der Waals surface area contributed by atoms with Crippen LogP contribution in [0.4, 0.5) is 0 Å². The van der Waals surface area contributed by atoms with Crippen LogP contribution in [0, 0.1) is 0 Å². The number of aldehydes is 1. The molecule has 0 bridgehead atoms. The van der Waals surface area contributed by atoms with E-state index >= 15 is 0 Å². The normalized spacial score (nSPS) is 10.4. The molecule has 76 valence electrons. The average molecular weight is 210 g/mol. The highest BCUT2D eigenvalue weighted by Crippen LogP contribution is 1.78. The summed E-state index contributed by atoms with van der Waals surface area (Å²) in [4.78, 5) is 29.2. The van der Waals surface area contributed by atoms with E-state index in [1.807, 2.05) is 0 Å². The molecule has 0 saturated heterocycles. The molecule has 1 atom stereocenters. The summed E-state index contributed by atoms with van der Waals surface area (Å²) in [6.45, 7) is 2.68. The zero-order chi connectivity index (χ0) is 10.9. The van der Waals surface area contributed by atoms with E-state index in [-0.39, 0.29) is 11.8 Å². The molecule has 1 amide bonds. The van der Waals surface area contributed by atoms with Crippen LogP contribution in [0.2, 0.25) is 0 Å². The first-order valence-corrected chi connectivity index (χ1v) is 3.98. The highest BCUT2D eigenvalue weighted by atomic mass is 35.5. The summed E-state index contributed by atoms with van der Waals surface area (Å²) in [5.41, 5.74) is 0. The van der Waals surface area contributed by atoms with Gasteiger partial charge in [-0.3, -0.25) is 9.59 Å². The SMILES string of the molecule is CC(=O)NC(C)C(=O)O.O=CCCl. The minimum Gasteiger partial charge on any atom is -0.480 e. The molecule has 0 heterocycles. The van der Waals surface area contributed by atoms with E-state index in [4.69, 9.17) is 21.5 Å². The van der Waals surface area contributed by atoms with Crippen molar-refractivity contribution in [3.8, 4) is 0 Å². The van der Waals surface area contributed by atoms with E-state index in [0.717, 1.165) is 0 Å². The first-order valence-electron chi connectivity index (χ1n) is 3.45. The van der Waals surface area contributed by atoms with Gasteiger partial charge in [0.25, 0.3) is 0 Å². The molecule has 0 fully saturated rings. The highest BCUT2D eigenvalue weighted by Gasteiger charge is 2.09. The molecule has 0 radical (unpaired) electrons. The summed E-state index contributed by atoms with van der Waals surface area (Å²) in [5, 5.41) is 10.4. The first kappa shape index (κ1) is 14.4. The molecule has 0 rings (SSSR count). The van der Waals surface area contributed by atoms with Crippen LogP contribution in [-0.2, 0) is 14.4 Å². The van der Waals surface area contributed by atoms with Gasteiger partial charge in [-0.1, -0.05) is 0 Å². The summed E-state index contributed by atoms with van der Waals surface area (Å²) in [6.07, 6.45) is 0.640. The van der Waals surface area contributed by atoms with Gasteiger partial charge < -0.3 is 15.2 Å². The van der Waals surface area contributed by atoms with Gasteiger partial charge in [-0.25, -0.2) is 0 Å². The lowest BCUT2D eigenvalue weighted by molar-refractivity contribution is -0.141. The molecule has 13 heavy (non-hydrogen) atoms. The fraction of sp³-hybridized carbons (Fsp3) is 0.571.